The molecular weight excluding hydrogens is 488 g/mol. The Labute approximate surface area is 219 Å². The van der Waals surface area contributed by atoms with Gasteiger partial charge in [0.2, 0.25) is 0 Å². The molecule has 0 amide bonds. The van der Waals surface area contributed by atoms with Crippen LogP contribution in [-0.2, 0) is 11.4 Å². The molecule has 1 aromatic heterocycles. The third-order valence-electron chi connectivity index (χ3n) is 6.40. The second kappa shape index (κ2) is 10.4. The average molecular weight is 517 g/mol. The number of nitrogens with one attached hydrogen (secondary N) is 1. The standard InChI is InChI=1S/C28H28N4O6/c1-31(2)11-12-37-19-9-10-23-22(13-19)26-27(29-23)20-14-24(35-3)25(36-4)15-21(20)28(26)30-38-16-17-5-7-18(8-6-17)32(33)34/h5-10,13-15,29H,11-12,16H2,1-4H3. The van der Waals surface area contributed by atoms with Crippen molar-refractivity contribution in [2.24, 2.45) is 5.16 Å². The first kappa shape index (κ1) is 25.1. The van der Waals surface area contributed by atoms with Crippen molar-refractivity contribution < 1.29 is 24.0 Å². The van der Waals surface area contributed by atoms with Crippen molar-refractivity contribution in [3.8, 4) is 28.5 Å². The monoisotopic (exact) mass is 516 g/mol. The molecule has 1 aliphatic carbocycles. The summed E-state index contributed by atoms with van der Waals surface area (Å²) in [7, 11) is 7.20. The van der Waals surface area contributed by atoms with Crippen molar-refractivity contribution in [3.05, 3.63) is 81.4 Å². The first-order valence-corrected chi connectivity index (χ1v) is 12.0. The molecule has 38 heavy (non-hydrogen) atoms. The maximum absolute atomic E-state index is 10.9. The number of aromatic amines is 1. The number of methoxy groups -OCH3 is 2. The summed E-state index contributed by atoms with van der Waals surface area (Å²) in [6.45, 7) is 1.53. The van der Waals surface area contributed by atoms with Crippen LogP contribution in [0, 0.1) is 10.1 Å². The van der Waals surface area contributed by atoms with E-state index in [0.29, 0.717) is 23.8 Å². The van der Waals surface area contributed by atoms with Crippen molar-refractivity contribution in [2.45, 2.75) is 6.61 Å². The van der Waals surface area contributed by atoms with Crippen LogP contribution in [-0.4, -0.2) is 62.0 Å². The summed E-state index contributed by atoms with van der Waals surface area (Å²) < 4.78 is 17.1. The summed E-state index contributed by atoms with van der Waals surface area (Å²) in [5.74, 6) is 1.95. The maximum Gasteiger partial charge on any atom is 0.269 e. The topological polar surface area (TPSA) is 111 Å². The van der Waals surface area contributed by atoms with E-state index >= 15 is 0 Å². The maximum atomic E-state index is 10.9. The molecule has 0 atom stereocenters. The lowest BCUT2D eigenvalue weighted by molar-refractivity contribution is -0.384. The molecule has 0 saturated heterocycles. The zero-order valence-electron chi connectivity index (χ0n) is 21.6. The van der Waals surface area contributed by atoms with Crippen LogP contribution in [0.5, 0.6) is 17.2 Å². The van der Waals surface area contributed by atoms with Crippen LogP contribution < -0.4 is 14.2 Å². The minimum atomic E-state index is -0.432. The van der Waals surface area contributed by atoms with E-state index < -0.39 is 4.92 Å². The Hall–Kier alpha value is -4.57. The normalized spacial score (nSPS) is 13.0. The summed E-state index contributed by atoms with van der Waals surface area (Å²) in [6, 6.07) is 16.0. The molecule has 1 heterocycles. The summed E-state index contributed by atoms with van der Waals surface area (Å²) in [4.78, 5) is 21.9. The van der Waals surface area contributed by atoms with Crippen molar-refractivity contribution >= 4 is 22.3 Å². The van der Waals surface area contributed by atoms with Crippen LogP contribution in [0.3, 0.4) is 0 Å². The van der Waals surface area contributed by atoms with Gasteiger partial charge in [-0.3, -0.25) is 10.1 Å². The molecule has 0 radical (unpaired) electrons. The third-order valence-corrected chi connectivity index (χ3v) is 6.40. The van der Waals surface area contributed by atoms with E-state index in [1.54, 1.807) is 26.4 Å². The number of rotatable bonds is 10. The van der Waals surface area contributed by atoms with Crippen molar-refractivity contribution in [1.29, 1.82) is 0 Å². The lowest BCUT2D eigenvalue weighted by Crippen LogP contribution is -2.19. The zero-order valence-corrected chi connectivity index (χ0v) is 21.6. The number of aromatic nitrogens is 1. The molecule has 0 bridgehead atoms. The number of oxime groups is 1. The Morgan fingerprint density at radius 2 is 1.68 bits per heavy atom. The highest BCUT2D eigenvalue weighted by molar-refractivity contribution is 6.30. The lowest BCUT2D eigenvalue weighted by Gasteiger charge is -2.12. The molecule has 1 N–H and O–H groups in total. The van der Waals surface area contributed by atoms with E-state index in [9.17, 15) is 10.1 Å². The Morgan fingerprint density at radius 3 is 2.34 bits per heavy atom. The highest BCUT2D eigenvalue weighted by Gasteiger charge is 2.32. The van der Waals surface area contributed by atoms with Crippen molar-refractivity contribution in [2.75, 3.05) is 41.5 Å². The second-order valence-electron chi connectivity index (χ2n) is 9.12. The fraction of sp³-hybridized carbons (Fsp3) is 0.250. The zero-order chi connectivity index (χ0) is 26.8. The number of benzene rings is 3. The van der Waals surface area contributed by atoms with Crippen LogP contribution in [0.15, 0.2) is 59.8 Å². The first-order chi connectivity index (χ1) is 18.4. The van der Waals surface area contributed by atoms with Gasteiger partial charge < -0.3 is 28.9 Å². The number of likely N-dealkylation sites (N-methyl/N-ethyl adjacent to an activating group) is 1. The number of ether oxygens (including phenoxy) is 3. The molecule has 0 aliphatic heterocycles. The number of nitro benzene ring substituents is 1. The Bertz CT molecular complexity index is 1520. The first-order valence-electron chi connectivity index (χ1n) is 12.0. The minimum absolute atomic E-state index is 0.0258. The van der Waals surface area contributed by atoms with Gasteiger partial charge in [-0.15, -0.1) is 0 Å². The van der Waals surface area contributed by atoms with Crippen LogP contribution in [0.25, 0.3) is 22.2 Å². The molecule has 5 rings (SSSR count). The third kappa shape index (κ3) is 4.73. The van der Waals surface area contributed by atoms with Gasteiger partial charge in [0.25, 0.3) is 5.69 Å². The van der Waals surface area contributed by atoms with Crippen LogP contribution in [0.1, 0.15) is 16.7 Å². The fourth-order valence-corrected chi connectivity index (χ4v) is 4.45. The highest BCUT2D eigenvalue weighted by Crippen LogP contribution is 2.46. The molecular formula is C28H28N4O6. The van der Waals surface area contributed by atoms with Crippen LogP contribution in [0.2, 0.25) is 0 Å². The van der Waals surface area contributed by atoms with E-state index in [1.807, 2.05) is 44.4 Å². The quantitative estimate of drug-likeness (QED) is 0.206. The van der Waals surface area contributed by atoms with Gasteiger partial charge in [-0.25, -0.2) is 0 Å². The molecule has 1 aliphatic rings. The molecule has 4 aromatic rings. The molecule has 10 nitrogen and oxygen atoms in total. The molecule has 0 unspecified atom stereocenters. The SMILES string of the molecule is COc1cc2c(cc1OC)-c1[nH]c3ccc(OCCN(C)C)cc3c1C2=NOCc1ccc([N+](=O)[O-])cc1. The number of hydrogen-bond donors (Lipinski definition) is 1. The number of fused-ring (bicyclic) bond motifs is 5. The van der Waals surface area contributed by atoms with Crippen LogP contribution >= 0.6 is 0 Å². The van der Waals surface area contributed by atoms with Gasteiger partial charge in [-0.2, -0.15) is 0 Å². The Morgan fingerprint density at radius 1 is 0.974 bits per heavy atom. The van der Waals surface area contributed by atoms with Crippen molar-refractivity contribution in [3.63, 3.8) is 0 Å². The number of hydrogen-bond acceptors (Lipinski definition) is 8. The number of non-ortho nitro benzene ring substituents is 1. The van der Waals surface area contributed by atoms with Gasteiger partial charge in [-0.05, 0) is 62.1 Å². The van der Waals surface area contributed by atoms with E-state index in [0.717, 1.165) is 51.1 Å². The Kier molecular flexibility index (Phi) is 6.89. The average Bonchev–Trinajstić information content (AvgIpc) is 3.42. The van der Waals surface area contributed by atoms with E-state index in [4.69, 9.17) is 19.0 Å². The Balaban J connectivity index is 1.54. The molecule has 0 saturated carbocycles. The lowest BCUT2D eigenvalue weighted by atomic mass is 10.1. The summed E-state index contributed by atoms with van der Waals surface area (Å²) in [5, 5.41) is 16.4. The number of nitro groups is 1. The highest BCUT2D eigenvalue weighted by atomic mass is 16.6. The predicted octanol–water partition coefficient (Wildman–Crippen LogP) is 4.98. The van der Waals surface area contributed by atoms with Gasteiger partial charge in [0.1, 0.15) is 24.7 Å². The fourth-order valence-electron chi connectivity index (χ4n) is 4.45. The molecule has 10 heteroatoms. The summed E-state index contributed by atoms with van der Waals surface area (Å²) in [5.41, 5.74) is 5.94. The smallest absolute Gasteiger partial charge is 0.269 e. The molecule has 0 spiro atoms. The second-order valence-corrected chi connectivity index (χ2v) is 9.12. The van der Waals surface area contributed by atoms with Gasteiger partial charge in [0, 0.05) is 46.3 Å². The van der Waals surface area contributed by atoms with Gasteiger partial charge >= 0.3 is 0 Å². The van der Waals surface area contributed by atoms with Gasteiger partial charge in [-0.1, -0.05) is 5.16 Å². The van der Waals surface area contributed by atoms with Gasteiger partial charge in [0.05, 0.1) is 24.8 Å². The van der Waals surface area contributed by atoms with E-state index in [2.05, 4.69) is 15.0 Å². The minimum Gasteiger partial charge on any atom is -0.493 e. The summed E-state index contributed by atoms with van der Waals surface area (Å²) >= 11 is 0. The van der Waals surface area contributed by atoms with Gasteiger partial charge in [0.15, 0.2) is 11.5 Å². The molecule has 196 valence electrons. The number of nitrogens with zero attached hydrogens (tertiary/aromatic N) is 3. The van der Waals surface area contributed by atoms with E-state index in [-0.39, 0.29) is 12.3 Å². The van der Waals surface area contributed by atoms with Crippen LogP contribution in [0.4, 0.5) is 5.69 Å². The predicted molar refractivity (Wildman–Crippen MR) is 144 cm³/mol. The summed E-state index contributed by atoms with van der Waals surface area (Å²) in [6.07, 6.45) is 0. The number of H-pyrrole nitrogens is 1. The van der Waals surface area contributed by atoms with Crippen molar-refractivity contribution in [1.82, 2.24) is 9.88 Å². The molecule has 0 fully saturated rings. The van der Waals surface area contributed by atoms with E-state index in [1.165, 1.54) is 12.1 Å². The largest absolute Gasteiger partial charge is 0.493 e. The molecule has 3 aromatic carbocycles.